The third-order valence-electron chi connectivity index (χ3n) is 2.28. The van der Waals surface area contributed by atoms with Crippen molar-refractivity contribution in [2.24, 2.45) is 0 Å². The van der Waals surface area contributed by atoms with Gasteiger partial charge in [-0.05, 0) is 6.42 Å². The Balaban J connectivity index is 2.57. The van der Waals surface area contributed by atoms with Crippen molar-refractivity contribution >= 4 is 5.97 Å². The van der Waals surface area contributed by atoms with E-state index in [2.05, 4.69) is 4.98 Å². The highest BCUT2D eigenvalue weighted by Crippen LogP contribution is 2.28. The van der Waals surface area contributed by atoms with Gasteiger partial charge in [0, 0.05) is 13.0 Å². The van der Waals surface area contributed by atoms with Crippen LogP contribution in [0.25, 0.3) is 0 Å². The molecule has 0 bridgehead atoms. The van der Waals surface area contributed by atoms with E-state index < -0.39 is 23.8 Å². The van der Waals surface area contributed by atoms with Crippen LogP contribution in [0.5, 0.6) is 0 Å². The largest absolute Gasteiger partial charge is 0.476 e. The number of aryl methyl sites for hydroxylation is 1. The molecule has 0 aromatic carbocycles. The van der Waals surface area contributed by atoms with Crippen molar-refractivity contribution < 1.29 is 18.7 Å². The molecule has 0 aliphatic carbocycles. The van der Waals surface area contributed by atoms with Gasteiger partial charge in [0.2, 0.25) is 0 Å². The predicted octanol–water partition coefficient (Wildman–Crippen LogP) is 1.47. The van der Waals surface area contributed by atoms with Crippen LogP contribution in [0.1, 0.15) is 34.9 Å². The molecule has 0 atom stereocenters. The molecule has 2 heterocycles. The normalized spacial score (nSPS) is 14.8. The second-order valence-electron chi connectivity index (χ2n) is 3.12. The number of alkyl halides is 2. The summed E-state index contributed by atoms with van der Waals surface area (Å²) in [4.78, 5) is 14.3. The third kappa shape index (κ3) is 1.18. The summed E-state index contributed by atoms with van der Waals surface area (Å²) in [5, 5.41) is 8.66. The molecule has 0 unspecified atom stereocenters. The molecule has 76 valence electrons. The van der Waals surface area contributed by atoms with Crippen LogP contribution in [0, 0.1) is 0 Å². The highest BCUT2D eigenvalue weighted by Gasteiger charge is 2.29. The van der Waals surface area contributed by atoms with Gasteiger partial charge in [-0.15, -0.1) is 0 Å². The number of halogens is 2. The maximum Gasteiger partial charge on any atom is 0.356 e. The highest BCUT2D eigenvalue weighted by molar-refractivity contribution is 5.87. The van der Waals surface area contributed by atoms with Crippen LogP contribution in [0.4, 0.5) is 8.78 Å². The minimum absolute atomic E-state index is 0.440. The summed E-state index contributed by atoms with van der Waals surface area (Å²) in [5.74, 6) is -0.931. The van der Waals surface area contributed by atoms with Gasteiger partial charge in [-0.3, -0.25) is 0 Å². The molecule has 1 aliphatic heterocycles. The maximum absolute atomic E-state index is 12.6. The average Bonchev–Trinajstić information content (AvgIpc) is 2.58. The summed E-state index contributed by atoms with van der Waals surface area (Å²) in [6.07, 6.45) is -1.45. The minimum atomic E-state index is -2.78. The number of rotatable bonds is 2. The van der Waals surface area contributed by atoms with Crippen molar-refractivity contribution in [1.82, 2.24) is 9.55 Å². The molecule has 0 radical (unpaired) electrons. The summed E-state index contributed by atoms with van der Waals surface area (Å²) < 4.78 is 26.4. The van der Waals surface area contributed by atoms with Gasteiger partial charge in [0.15, 0.2) is 5.69 Å². The first-order valence-corrected chi connectivity index (χ1v) is 4.22. The highest BCUT2D eigenvalue weighted by atomic mass is 19.3. The first-order chi connectivity index (χ1) is 6.61. The van der Waals surface area contributed by atoms with Gasteiger partial charge in [-0.2, -0.15) is 0 Å². The van der Waals surface area contributed by atoms with E-state index in [1.807, 2.05) is 0 Å². The third-order valence-corrected chi connectivity index (χ3v) is 2.28. The Morgan fingerprint density at radius 3 is 2.86 bits per heavy atom. The van der Waals surface area contributed by atoms with Crippen LogP contribution < -0.4 is 0 Å². The van der Waals surface area contributed by atoms with E-state index in [-0.39, 0.29) is 0 Å². The first kappa shape index (κ1) is 9.11. The van der Waals surface area contributed by atoms with Crippen molar-refractivity contribution in [3.63, 3.8) is 0 Å². The molecule has 6 heteroatoms. The average molecular weight is 202 g/mol. The van der Waals surface area contributed by atoms with Crippen LogP contribution in [0.15, 0.2) is 0 Å². The lowest BCUT2D eigenvalue weighted by Crippen LogP contribution is -2.06. The number of imidazole rings is 1. The van der Waals surface area contributed by atoms with Crippen molar-refractivity contribution in [2.45, 2.75) is 25.8 Å². The zero-order valence-electron chi connectivity index (χ0n) is 7.20. The summed E-state index contributed by atoms with van der Waals surface area (Å²) in [7, 11) is 0. The summed E-state index contributed by atoms with van der Waals surface area (Å²) >= 11 is 0. The number of aromatic carboxylic acids is 1. The molecule has 4 nitrogen and oxygen atoms in total. The number of hydrogen-bond acceptors (Lipinski definition) is 2. The van der Waals surface area contributed by atoms with E-state index in [9.17, 15) is 13.6 Å². The number of carboxylic acids is 1. The monoisotopic (exact) mass is 202 g/mol. The molecule has 0 saturated carbocycles. The van der Waals surface area contributed by atoms with Crippen molar-refractivity contribution in [3.8, 4) is 0 Å². The second-order valence-corrected chi connectivity index (χ2v) is 3.12. The topological polar surface area (TPSA) is 55.1 Å². The molecule has 1 aromatic rings. The fourth-order valence-electron chi connectivity index (χ4n) is 1.73. The Kier molecular flexibility index (Phi) is 1.98. The predicted molar refractivity (Wildman–Crippen MR) is 42.5 cm³/mol. The molecule has 2 rings (SSSR count). The smallest absolute Gasteiger partial charge is 0.356 e. The van der Waals surface area contributed by atoms with Crippen molar-refractivity contribution in [3.05, 3.63) is 17.2 Å². The number of nitrogens with zero attached hydrogens (tertiary/aromatic N) is 2. The van der Waals surface area contributed by atoms with E-state index >= 15 is 0 Å². The number of carbonyl (C=O) groups is 1. The standard InChI is InChI=1S/C8H8F2N2O2/c9-7(10)6-5(8(13)14)11-4-2-1-3-12(4)6/h7H,1-3H2,(H,13,14). The van der Waals surface area contributed by atoms with Crippen LogP contribution in [-0.2, 0) is 13.0 Å². The molecule has 1 aliphatic rings. The summed E-state index contributed by atoms with van der Waals surface area (Å²) in [6, 6.07) is 0. The van der Waals surface area contributed by atoms with E-state index in [1.54, 1.807) is 0 Å². The lowest BCUT2D eigenvalue weighted by molar-refractivity contribution is 0.0675. The Labute approximate surface area is 78.2 Å². The molecule has 0 spiro atoms. The van der Waals surface area contributed by atoms with Gasteiger partial charge < -0.3 is 9.67 Å². The van der Waals surface area contributed by atoms with Crippen molar-refractivity contribution in [2.75, 3.05) is 0 Å². The molecule has 1 N–H and O–H groups in total. The quantitative estimate of drug-likeness (QED) is 0.789. The zero-order chi connectivity index (χ0) is 10.3. The van der Waals surface area contributed by atoms with Crippen LogP contribution >= 0.6 is 0 Å². The number of carboxylic acid groups (broad SMARTS) is 1. The fourth-order valence-corrected chi connectivity index (χ4v) is 1.73. The first-order valence-electron chi connectivity index (χ1n) is 4.22. The van der Waals surface area contributed by atoms with Gasteiger partial charge in [0.25, 0.3) is 6.43 Å². The molecular formula is C8H8F2N2O2. The Morgan fingerprint density at radius 1 is 1.57 bits per heavy atom. The lowest BCUT2D eigenvalue weighted by atomic mass is 10.3. The number of fused-ring (bicyclic) bond motifs is 1. The molecular weight excluding hydrogens is 194 g/mol. The molecule has 0 saturated heterocycles. The van der Waals surface area contributed by atoms with Crippen molar-refractivity contribution in [1.29, 1.82) is 0 Å². The lowest BCUT2D eigenvalue weighted by Gasteiger charge is -2.03. The Bertz CT molecular complexity index is 387. The molecule has 0 amide bonds. The molecule has 0 fully saturated rings. The van der Waals surface area contributed by atoms with E-state index in [1.165, 1.54) is 4.57 Å². The maximum atomic E-state index is 12.6. The van der Waals surface area contributed by atoms with Crippen LogP contribution in [-0.4, -0.2) is 20.6 Å². The Hall–Kier alpha value is -1.46. The van der Waals surface area contributed by atoms with E-state index in [0.29, 0.717) is 18.8 Å². The Morgan fingerprint density at radius 2 is 2.29 bits per heavy atom. The number of hydrogen-bond donors (Lipinski definition) is 1. The van der Waals surface area contributed by atoms with E-state index in [0.717, 1.165) is 6.42 Å². The fraction of sp³-hybridized carbons (Fsp3) is 0.500. The minimum Gasteiger partial charge on any atom is -0.476 e. The summed E-state index contributed by atoms with van der Waals surface area (Å²) in [5.41, 5.74) is -0.959. The van der Waals surface area contributed by atoms with Gasteiger partial charge in [-0.1, -0.05) is 0 Å². The second kappa shape index (κ2) is 3.04. The van der Waals surface area contributed by atoms with Gasteiger partial charge in [0.1, 0.15) is 11.5 Å². The number of aromatic nitrogens is 2. The van der Waals surface area contributed by atoms with Gasteiger partial charge >= 0.3 is 5.97 Å². The van der Waals surface area contributed by atoms with Gasteiger partial charge in [-0.25, -0.2) is 18.6 Å². The molecule has 1 aromatic heterocycles. The van der Waals surface area contributed by atoms with E-state index in [4.69, 9.17) is 5.11 Å². The summed E-state index contributed by atoms with van der Waals surface area (Å²) in [6.45, 7) is 0.440. The SMILES string of the molecule is O=C(O)c1nc2n(c1C(F)F)CCC2. The molecule has 14 heavy (non-hydrogen) atoms. The van der Waals surface area contributed by atoms with Crippen LogP contribution in [0.2, 0.25) is 0 Å². The zero-order valence-corrected chi connectivity index (χ0v) is 7.20. The van der Waals surface area contributed by atoms with Gasteiger partial charge in [0.05, 0.1) is 0 Å². The van der Waals surface area contributed by atoms with Crippen LogP contribution in [0.3, 0.4) is 0 Å².